The van der Waals surface area contributed by atoms with Gasteiger partial charge in [0.15, 0.2) is 17.6 Å². The van der Waals surface area contributed by atoms with E-state index in [4.69, 9.17) is 21.1 Å². The Kier molecular flexibility index (Phi) is 7.14. The fourth-order valence-corrected chi connectivity index (χ4v) is 3.83. The zero-order chi connectivity index (χ0) is 24.2. The molecule has 3 heterocycles. The summed E-state index contributed by atoms with van der Waals surface area (Å²) in [5, 5.41) is 7.26. The SMILES string of the molecule is Cc1cc(C)n(-c2ccc(Cl)c(C(=O)OC(C)C(=O)Nc3ccc(N4CCOCC4)cc3)n2)n1. The van der Waals surface area contributed by atoms with E-state index in [0.717, 1.165) is 30.2 Å². The molecule has 1 aliphatic heterocycles. The van der Waals surface area contributed by atoms with E-state index in [9.17, 15) is 9.59 Å². The zero-order valence-corrected chi connectivity index (χ0v) is 20.0. The van der Waals surface area contributed by atoms with Crippen LogP contribution in [0.25, 0.3) is 5.82 Å². The predicted octanol–water partition coefficient (Wildman–Crippen LogP) is 3.56. The Bertz CT molecular complexity index is 1190. The average Bonchev–Trinajstić information content (AvgIpc) is 3.18. The predicted molar refractivity (Wildman–Crippen MR) is 129 cm³/mol. The van der Waals surface area contributed by atoms with Crippen molar-refractivity contribution >= 4 is 34.9 Å². The quantitative estimate of drug-likeness (QED) is 0.535. The average molecular weight is 484 g/mol. The van der Waals surface area contributed by atoms with Crippen LogP contribution in [0.2, 0.25) is 5.02 Å². The molecular weight excluding hydrogens is 458 g/mol. The highest BCUT2D eigenvalue weighted by molar-refractivity contribution is 6.33. The molecule has 1 saturated heterocycles. The van der Waals surface area contributed by atoms with Gasteiger partial charge < -0.3 is 19.7 Å². The Morgan fingerprint density at radius 3 is 2.47 bits per heavy atom. The summed E-state index contributed by atoms with van der Waals surface area (Å²) in [6.07, 6.45) is -1.05. The number of pyridine rings is 1. The normalized spacial score (nSPS) is 14.5. The van der Waals surface area contributed by atoms with Gasteiger partial charge >= 0.3 is 5.97 Å². The molecule has 2 aromatic heterocycles. The van der Waals surface area contributed by atoms with Crippen LogP contribution in [0.15, 0.2) is 42.5 Å². The Balaban J connectivity index is 1.40. The summed E-state index contributed by atoms with van der Waals surface area (Å²) in [6, 6.07) is 12.6. The lowest BCUT2D eigenvalue weighted by Crippen LogP contribution is -2.36. The van der Waals surface area contributed by atoms with Crippen molar-refractivity contribution < 1.29 is 19.1 Å². The molecule has 9 nitrogen and oxygen atoms in total. The highest BCUT2D eigenvalue weighted by atomic mass is 35.5. The number of halogens is 1. The summed E-state index contributed by atoms with van der Waals surface area (Å²) in [5.41, 5.74) is 3.26. The maximum absolute atomic E-state index is 12.7. The van der Waals surface area contributed by atoms with Crippen molar-refractivity contribution in [3.63, 3.8) is 0 Å². The standard InChI is InChI=1S/C24H26ClN5O4/c1-15-14-16(2)30(28-15)21-9-8-20(25)22(27-21)24(32)34-17(3)23(31)26-18-4-6-19(7-5-18)29-10-12-33-13-11-29/h4-9,14,17H,10-13H2,1-3H3,(H,26,31). The second kappa shape index (κ2) is 10.2. The second-order valence-electron chi connectivity index (χ2n) is 8.02. The van der Waals surface area contributed by atoms with Crippen molar-refractivity contribution in [3.05, 3.63) is 64.6 Å². The fourth-order valence-electron chi connectivity index (χ4n) is 3.64. The fraction of sp³-hybridized carbons (Fsp3) is 0.333. The molecule has 4 rings (SSSR count). The van der Waals surface area contributed by atoms with Crippen LogP contribution in [-0.2, 0) is 14.3 Å². The van der Waals surface area contributed by atoms with Crippen molar-refractivity contribution in [1.29, 1.82) is 0 Å². The summed E-state index contributed by atoms with van der Waals surface area (Å²) in [4.78, 5) is 31.9. The van der Waals surface area contributed by atoms with Gasteiger partial charge in [0.2, 0.25) is 0 Å². The Morgan fingerprint density at radius 2 is 1.82 bits per heavy atom. The molecule has 1 atom stereocenters. The molecule has 1 N–H and O–H groups in total. The molecule has 10 heteroatoms. The lowest BCUT2D eigenvalue weighted by atomic mass is 10.2. The molecule has 0 radical (unpaired) electrons. The van der Waals surface area contributed by atoms with Crippen LogP contribution in [0.1, 0.15) is 28.8 Å². The van der Waals surface area contributed by atoms with Gasteiger partial charge in [0.05, 0.1) is 23.9 Å². The number of carbonyl (C=O) groups excluding carboxylic acids is 2. The third kappa shape index (κ3) is 5.37. The number of aromatic nitrogens is 3. The smallest absolute Gasteiger partial charge is 0.359 e. The van der Waals surface area contributed by atoms with Crippen molar-refractivity contribution in [2.75, 3.05) is 36.5 Å². The van der Waals surface area contributed by atoms with Gasteiger partial charge in [-0.05, 0) is 63.2 Å². The van der Waals surface area contributed by atoms with E-state index >= 15 is 0 Å². The number of benzene rings is 1. The molecule has 0 saturated carbocycles. The van der Waals surface area contributed by atoms with Gasteiger partial charge in [-0.1, -0.05) is 11.6 Å². The number of ether oxygens (including phenoxy) is 2. The topological polar surface area (TPSA) is 98.6 Å². The van der Waals surface area contributed by atoms with E-state index < -0.39 is 18.0 Å². The molecule has 1 amide bonds. The molecule has 1 aliphatic rings. The van der Waals surface area contributed by atoms with E-state index in [0.29, 0.717) is 24.7 Å². The van der Waals surface area contributed by atoms with Crippen LogP contribution in [0.3, 0.4) is 0 Å². The molecule has 1 aromatic carbocycles. The van der Waals surface area contributed by atoms with Crippen LogP contribution in [-0.4, -0.2) is 59.0 Å². The van der Waals surface area contributed by atoms with E-state index in [1.54, 1.807) is 16.8 Å². The van der Waals surface area contributed by atoms with Gasteiger partial charge in [0.25, 0.3) is 5.91 Å². The minimum Gasteiger partial charge on any atom is -0.448 e. The second-order valence-corrected chi connectivity index (χ2v) is 8.43. The van der Waals surface area contributed by atoms with Gasteiger partial charge in [-0.2, -0.15) is 5.10 Å². The van der Waals surface area contributed by atoms with E-state index in [1.165, 1.54) is 6.92 Å². The van der Waals surface area contributed by atoms with Crippen LogP contribution in [0, 0.1) is 13.8 Å². The Labute approximate surface area is 202 Å². The monoisotopic (exact) mass is 483 g/mol. The van der Waals surface area contributed by atoms with Crippen LogP contribution < -0.4 is 10.2 Å². The number of esters is 1. The lowest BCUT2D eigenvalue weighted by Gasteiger charge is -2.28. The molecule has 178 valence electrons. The largest absolute Gasteiger partial charge is 0.448 e. The number of nitrogens with one attached hydrogen (secondary N) is 1. The third-order valence-electron chi connectivity index (χ3n) is 5.42. The first-order valence-corrected chi connectivity index (χ1v) is 11.3. The molecule has 34 heavy (non-hydrogen) atoms. The molecule has 1 unspecified atom stereocenters. The summed E-state index contributed by atoms with van der Waals surface area (Å²) in [5.74, 6) is -0.823. The minimum atomic E-state index is -1.05. The maximum Gasteiger partial charge on any atom is 0.359 e. The first kappa shape index (κ1) is 23.7. The number of morpholine rings is 1. The van der Waals surface area contributed by atoms with Gasteiger partial charge in [-0.25, -0.2) is 14.5 Å². The molecule has 1 fully saturated rings. The first-order chi connectivity index (χ1) is 16.3. The lowest BCUT2D eigenvalue weighted by molar-refractivity contribution is -0.123. The number of rotatable bonds is 6. The molecule has 0 bridgehead atoms. The van der Waals surface area contributed by atoms with Gasteiger partial charge in [0, 0.05) is 30.2 Å². The van der Waals surface area contributed by atoms with Crippen LogP contribution in [0.5, 0.6) is 0 Å². The molecule has 0 spiro atoms. The highest BCUT2D eigenvalue weighted by Gasteiger charge is 2.23. The number of hydrogen-bond donors (Lipinski definition) is 1. The van der Waals surface area contributed by atoms with Gasteiger partial charge in [0.1, 0.15) is 0 Å². The highest BCUT2D eigenvalue weighted by Crippen LogP contribution is 2.21. The molecular formula is C24H26ClN5O4. The summed E-state index contributed by atoms with van der Waals surface area (Å²) in [6.45, 7) is 8.30. The Morgan fingerprint density at radius 1 is 1.12 bits per heavy atom. The van der Waals surface area contributed by atoms with Gasteiger partial charge in [-0.3, -0.25) is 4.79 Å². The summed E-state index contributed by atoms with van der Waals surface area (Å²) < 4.78 is 12.3. The minimum absolute atomic E-state index is 0.0822. The van der Waals surface area contributed by atoms with Crippen LogP contribution >= 0.6 is 11.6 Å². The van der Waals surface area contributed by atoms with E-state index in [2.05, 4.69) is 20.3 Å². The number of carbonyl (C=O) groups is 2. The van der Waals surface area contributed by atoms with Crippen molar-refractivity contribution in [3.8, 4) is 5.82 Å². The molecule has 0 aliphatic carbocycles. The number of anilines is 2. The van der Waals surface area contributed by atoms with Crippen LogP contribution in [0.4, 0.5) is 11.4 Å². The van der Waals surface area contributed by atoms with Crippen molar-refractivity contribution in [1.82, 2.24) is 14.8 Å². The summed E-state index contributed by atoms with van der Waals surface area (Å²) >= 11 is 6.19. The van der Waals surface area contributed by atoms with E-state index in [1.807, 2.05) is 44.2 Å². The van der Waals surface area contributed by atoms with Gasteiger partial charge in [-0.15, -0.1) is 0 Å². The zero-order valence-electron chi connectivity index (χ0n) is 19.2. The number of aryl methyl sites for hydroxylation is 2. The number of amides is 1. The van der Waals surface area contributed by atoms with E-state index in [-0.39, 0.29) is 10.7 Å². The number of hydrogen-bond acceptors (Lipinski definition) is 7. The Hall–Kier alpha value is -3.43. The third-order valence-corrected chi connectivity index (χ3v) is 5.72. The van der Waals surface area contributed by atoms with Crippen molar-refractivity contribution in [2.45, 2.75) is 26.9 Å². The number of nitrogens with zero attached hydrogens (tertiary/aromatic N) is 4. The summed E-state index contributed by atoms with van der Waals surface area (Å²) in [7, 11) is 0. The maximum atomic E-state index is 12.7. The van der Waals surface area contributed by atoms with Crippen molar-refractivity contribution in [2.24, 2.45) is 0 Å². The first-order valence-electron chi connectivity index (χ1n) is 11.0. The molecule has 3 aromatic rings.